The first-order valence-electron chi connectivity index (χ1n) is 7.88. The molecule has 0 aliphatic carbocycles. The van der Waals surface area contributed by atoms with E-state index in [0.717, 1.165) is 27.8 Å². The standard InChI is InChI=1S/C19H21N3O2/c1-12-5-7-15(13(2)9-12)20-18(23)11-14-6-8-16-17(10-14)22(4)19(24)21(16)3/h5-10H,11H2,1-4H3,(H,20,23). The van der Waals surface area contributed by atoms with E-state index in [1.54, 1.807) is 23.2 Å². The highest BCUT2D eigenvalue weighted by Crippen LogP contribution is 2.18. The lowest BCUT2D eigenvalue weighted by Gasteiger charge is -2.09. The van der Waals surface area contributed by atoms with Gasteiger partial charge in [-0.25, -0.2) is 4.79 Å². The lowest BCUT2D eigenvalue weighted by Crippen LogP contribution is -2.19. The number of fused-ring (bicyclic) bond motifs is 1. The van der Waals surface area contributed by atoms with Crippen LogP contribution in [0.25, 0.3) is 11.0 Å². The second kappa shape index (κ2) is 6.00. The van der Waals surface area contributed by atoms with Crippen LogP contribution in [0.3, 0.4) is 0 Å². The lowest BCUT2D eigenvalue weighted by molar-refractivity contribution is -0.115. The molecular weight excluding hydrogens is 302 g/mol. The average molecular weight is 323 g/mol. The molecule has 3 aromatic rings. The number of hydrogen-bond acceptors (Lipinski definition) is 2. The molecule has 0 atom stereocenters. The van der Waals surface area contributed by atoms with Crippen molar-refractivity contribution in [2.45, 2.75) is 20.3 Å². The van der Waals surface area contributed by atoms with E-state index in [1.807, 2.05) is 50.2 Å². The second-order valence-electron chi connectivity index (χ2n) is 6.27. The summed E-state index contributed by atoms with van der Waals surface area (Å²) >= 11 is 0. The van der Waals surface area contributed by atoms with Crippen LogP contribution < -0.4 is 11.0 Å². The summed E-state index contributed by atoms with van der Waals surface area (Å²) in [5.41, 5.74) is 5.55. The number of nitrogens with one attached hydrogen (secondary N) is 1. The fourth-order valence-corrected chi connectivity index (χ4v) is 3.00. The first kappa shape index (κ1) is 16.1. The van der Waals surface area contributed by atoms with E-state index in [-0.39, 0.29) is 18.0 Å². The van der Waals surface area contributed by atoms with Crippen LogP contribution in [-0.4, -0.2) is 15.0 Å². The number of aromatic nitrogens is 2. The maximum absolute atomic E-state index is 12.3. The summed E-state index contributed by atoms with van der Waals surface area (Å²) in [7, 11) is 3.49. The second-order valence-corrected chi connectivity index (χ2v) is 6.27. The summed E-state index contributed by atoms with van der Waals surface area (Å²) in [4.78, 5) is 24.3. The molecule has 5 heteroatoms. The van der Waals surface area contributed by atoms with Crippen molar-refractivity contribution in [3.05, 3.63) is 63.6 Å². The van der Waals surface area contributed by atoms with E-state index in [0.29, 0.717) is 0 Å². The van der Waals surface area contributed by atoms with Crippen LogP contribution in [0.15, 0.2) is 41.2 Å². The molecular formula is C19H21N3O2. The van der Waals surface area contributed by atoms with Crippen LogP contribution in [0.4, 0.5) is 5.69 Å². The average Bonchev–Trinajstić information content (AvgIpc) is 2.75. The molecule has 2 aromatic carbocycles. The molecule has 1 aromatic heterocycles. The SMILES string of the molecule is Cc1ccc(NC(=O)Cc2ccc3c(c2)n(C)c(=O)n3C)c(C)c1. The summed E-state index contributed by atoms with van der Waals surface area (Å²) in [5, 5.41) is 2.95. The van der Waals surface area contributed by atoms with Crippen LogP contribution >= 0.6 is 0 Å². The monoisotopic (exact) mass is 323 g/mol. The Morgan fingerprint density at radius 1 is 1.00 bits per heavy atom. The van der Waals surface area contributed by atoms with Crippen LogP contribution in [-0.2, 0) is 25.3 Å². The zero-order valence-corrected chi connectivity index (χ0v) is 14.4. The zero-order valence-electron chi connectivity index (χ0n) is 14.4. The summed E-state index contributed by atoms with van der Waals surface area (Å²) in [5.74, 6) is -0.0674. The smallest absolute Gasteiger partial charge is 0.326 e. The lowest BCUT2D eigenvalue weighted by atomic mass is 10.1. The minimum atomic E-state index is -0.0677. The van der Waals surface area contributed by atoms with E-state index in [9.17, 15) is 9.59 Å². The number of carbonyl (C=O) groups is 1. The molecule has 24 heavy (non-hydrogen) atoms. The van der Waals surface area contributed by atoms with Crippen molar-refractivity contribution in [3.63, 3.8) is 0 Å². The summed E-state index contributed by atoms with van der Waals surface area (Å²) in [6.07, 6.45) is 0.270. The fourth-order valence-electron chi connectivity index (χ4n) is 3.00. The molecule has 1 amide bonds. The van der Waals surface area contributed by atoms with Gasteiger partial charge in [0.25, 0.3) is 0 Å². The highest BCUT2D eigenvalue weighted by atomic mass is 16.2. The minimum absolute atomic E-state index is 0.0674. The highest BCUT2D eigenvalue weighted by Gasteiger charge is 2.11. The molecule has 5 nitrogen and oxygen atoms in total. The van der Waals surface area contributed by atoms with Gasteiger partial charge in [-0.1, -0.05) is 23.8 Å². The first-order valence-corrected chi connectivity index (χ1v) is 7.88. The Bertz CT molecular complexity index is 996. The van der Waals surface area contributed by atoms with Gasteiger partial charge >= 0.3 is 5.69 Å². The Balaban J connectivity index is 1.83. The first-order chi connectivity index (χ1) is 11.4. The molecule has 124 valence electrons. The molecule has 1 N–H and O–H groups in total. The predicted molar refractivity (Wildman–Crippen MR) is 96.4 cm³/mol. The number of hydrogen-bond donors (Lipinski definition) is 1. The van der Waals surface area contributed by atoms with E-state index in [1.165, 1.54) is 5.56 Å². The number of anilines is 1. The number of carbonyl (C=O) groups excluding carboxylic acids is 1. The van der Waals surface area contributed by atoms with Crippen LogP contribution in [0.5, 0.6) is 0 Å². The third kappa shape index (κ3) is 2.85. The van der Waals surface area contributed by atoms with E-state index in [2.05, 4.69) is 5.32 Å². The Kier molecular flexibility index (Phi) is 4.01. The third-order valence-corrected chi connectivity index (χ3v) is 4.36. The molecule has 0 unspecified atom stereocenters. The van der Waals surface area contributed by atoms with Crippen LogP contribution in [0.2, 0.25) is 0 Å². The van der Waals surface area contributed by atoms with Crippen molar-refractivity contribution in [1.82, 2.24) is 9.13 Å². The summed E-state index contributed by atoms with van der Waals surface area (Å²) in [6.45, 7) is 4.01. The highest BCUT2D eigenvalue weighted by molar-refractivity contribution is 5.93. The summed E-state index contributed by atoms with van der Waals surface area (Å²) < 4.78 is 3.20. The molecule has 0 fully saturated rings. The predicted octanol–water partition coefficient (Wildman–Crippen LogP) is 2.68. The maximum Gasteiger partial charge on any atom is 0.328 e. The maximum atomic E-state index is 12.3. The van der Waals surface area contributed by atoms with E-state index in [4.69, 9.17) is 0 Å². The molecule has 0 saturated carbocycles. The van der Waals surface area contributed by atoms with Gasteiger partial charge in [0, 0.05) is 19.8 Å². The molecule has 3 rings (SSSR count). The number of benzene rings is 2. The number of amides is 1. The molecule has 0 aliphatic heterocycles. The Morgan fingerprint density at radius 3 is 2.42 bits per heavy atom. The van der Waals surface area contributed by atoms with Gasteiger partial charge in [-0.3, -0.25) is 13.9 Å². The molecule has 0 bridgehead atoms. The molecule has 1 heterocycles. The number of rotatable bonds is 3. The van der Waals surface area contributed by atoms with Crippen LogP contribution in [0.1, 0.15) is 16.7 Å². The van der Waals surface area contributed by atoms with Crippen molar-refractivity contribution in [2.24, 2.45) is 14.1 Å². The van der Waals surface area contributed by atoms with Crippen molar-refractivity contribution >= 4 is 22.6 Å². The quantitative estimate of drug-likeness (QED) is 0.806. The topological polar surface area (TPSA) is 56.0 Å². The minimum Gasteiger partial charge on any atom is -0.326 e. The molecule has 0 saturated heterocycles. The zero-order chi connectivity index (χ0) is 17.4. The van der Waals surface area contributed by atoms with E-state index < -0.39 is 0 Å². The normalized spacial score (nSPS) is 11.0. The largest absolute Gasteiger partial charge is 0.328 e. The number of imidazole rings is 1. The van der Waals surface area contributed by atoms with Gasteiger partial charge in [-0.05, 0) is 43.2 Å². The van der Waals surface area contributed by atoms with Crippen molar-refractivity contribution < 1.29 is 4.79 Å². The Labute approximate surface area is 140 Å². The van der Waals surface area contributed by atoms with Gasteiger partial charge in [-0.2, -0.15) is 0 Å². The van der Waals surface area contributed by atoms with Gasteiger partial charge in [0.05, 0.1) is 17.5 Å². The molecule has 0 radical (unpaired) electrons. The Hall–Kier alpha value is -2.82. The van der Waals surface area contributed by atoms with Gasteiger partial charge in [0.1, 0.15) is 0 Å². The number of aryl methyl sites for hydroxylation is 4. The van der Waals surface area contributed by atoms with Crippen LogP contribution in [0, 0.1) is 13.8 Å². The Morgan fingerprint density at radius 2 is 1.71 bits per heavy atom. The van der Waals surface area contributed by atoms with Gasteiger partial charge in [-0.15, -0.1) is 0 Å². The van der Waals surface area contributed by atoms with Gasteiger partial charge < -0.3 is 5.32 Å². The summed E-state index contributed by atoms with van der Waals surface area (Å²) in [6, 6.07) is 11.6. The van der Waals surface area contributed by atoms with Gasteiger partial charge in [0.2, 0.25) is 5.91 Å². The number of nitrogens with zero attached hydrogens (tertiary/aromatic N) is 2. The van der Waals surface area contributed by atoms with Gasteiger partial charge in [0.15, 0.2) is 0 Å². The fraction of sp³-hybridized carbons (Fsp3) is 0.263. The van der Waals surface area contributed by atoms with Crippen molar-refractivity contribution in [3.8, 4) is 0 Å². The molecule has 0 aliphatic rings. The third-order valence-electron chi connectivity index (χ3n) is 4.36. The van der Waals surface area contributed by atoms with E-state index >= 15 is 0 Å². The molecule has 0 spiro atoms. The van der Waals surface area contributed by atoms with Crippen molar-refractivity contribution in [1.29, 1.82) is 0 Å². The van der Waals surface area contributed by atoms with Crippen molar-refractivity contribution in [2.75, 3.05) is 5.32 Å².